The molecule has 0 amide bonds. The molecule has 2 aromatic rings. The molecule has 0 saturated carbocycles. The van der Waals surface area contributed by atoms with Crippen LogP contribution in [-0.2, 0) is 24.3 Å². The second-order valence-electron chi connectivity index (χ2n) is 6.65. The van der Waals surface area contributed by atoms with Crippen LogP contribution in [0.25, 0.3) is 0 Å². The van der Waals surface area contributed by atoms with Crippen LogP contribution in [0, 0.1) is 0 Å². The molecule has 4 rings (SSSR count). The molecule has 2 aliphatic rings. The molecule has 1 atom stereocenters. The fourth-order valence-corrected chi connectivity index (χ4v) is 3.39. The first-order valence-electron chi connectivity index (χ1n) is 8.75. The number of pyridine rings is 1. The Labute approximate surface area is 151 Å². The Bertz CT molecular complexity index is 835. The molecule has 1 unspecified atom stereocenters. The number of aliphatic hydroxyl groups is 1. The van der Waals surface area contributed by atoms with Gasteiger partial charge in [0.1, 0.15) is 0 Å². The maximum atomic E-state index is 11.9. The number of hydrogen-bond acceptors (Lipinski definition) is 6. The third kappa shape index (κ3) is 3.75. The lowest BCUT2D eigenvalue weighted by molar-refractivity contribution is 0.00763. The molecule has 0 aliphatic carbocycles. The van der Waals surface area contributed by atoms with Gasteiger partial charge in [-0.05, 0) is 35.7 Å². The molecule has 0 saturated heterocycles. The number of β-amino-alcohol motifs (C(OH)–C–C–N with tert-alkyl or cyclic N) is 1. The minimum atomic E-state index is -0.603. The molecule has 7 heteroatoms. The zero-order chi connectivity index (χ0) is 17.9. The minimum Gasteiger partial charge on any atom is -0.454 e. The number of aliphatic hydroxyl groups excluding tert-OH is 1. The average molecular weight is 358 g/mol. The van der Waals surface area contributed by atoms with E-state index in [1.165, 1.54) is 0 Å². The van der Waals surface area contributed by atoms with Crippen LogP contribution in [0.1, 0.15) is 16.7 Å². The number of nitrogens with zero attached hydrogens (tertiary/aromatic N) is 1. The summed E-state index contributed by atoms with van der Waals surface area (Å²) in [4.78, 5) is 16.7. The molecule has 2 aliphatic heterocycles. The van der Waals surface area contributed by atoms with Gasteiger partial charge in [0.25, 0.3) is 5.56 Å². The lowest BCUT2D eigenvalue weighted by Crippen LogP contribution is -2.40. The van der Waals surface area contributed by atoms with Crippen LogP contribution in [0.2, 0.25) is 0 Å². The number of fused-ring (bicyclic) bond motifs is 2. The van der Waals surface area contributed by atoms with Crippen molar-refractivity contribution >= 4 is 0 Å². The molecule has 7 nitrogen and oxygen atoms in total. The van der Waals surface area contributed by atoms with Gasteiger partial charge in [-0.25, -0.2) is 0 Å². The van der Waals surface area contributed by atoms with Gasteiger partial charge in [0.2, 0.25) is 6.79 Å². The van der Waals surface area contributed by atoms with E-state index < -0.39 is 6.10 Å². The van der Waals surface area contributed by atoms with Crippen LogP contribution in [0.3, 0.4) is 0 Å². The summed E-state index contributed by atoms with van der Waals surface area (Å²) in [5.74, 6) is 1.47. The van der Waals surface area contributed by atoms with E-state index in [1.807, 2.05) is 24.3 Å². The first-order chi connectivity index (χ1) is 12.7. The zero-order valence-corrected chi connectivity index (χ0v) is 14.4. The number of hydrogen-bond donors (Lipinski definition) is 2. The van der Waals surface area contributed by atoms with E-state index in [0.29, 0.717) is 19.7 Å². The fourth-order valence-electron chi connectivity index (χ4n) is 3.39. The lowest BCUT2D eigenvalue weighted by atomic mass is 10.0. The third-order valence-corrected chi connectivity index (χ3v) is 4.72. The normalized spacial score (nSPS) is 17.1. The van der Waals surface area contributed by atoms with Gasteiger partial charge in [0.15, 0.2) is 11.5 Å². The summed E-state index contributed by atoms with van der Waals surface area (Å²) in [5.41, 5.74) is 2.83. The molecule has 0 fully saturated rings. The molecule has 3 heterocycles. The first-order valence-corrected chi connectivity index (χ1v) is 8.75. The Morgan fingerprint density at radius 2 is 2.15 bits per heavy atom. The highest BCUT2D eigenvalue weighted by Crippen LogP contribution is 2.32. The van der Waals surface area contributed by atoms with Gasteiger partial charge in [0, 0.05) is 31.4 Å². The largest absolute Gasteiger partial charge is 0.454 e. The maximum absolute atomic E-state index is 11.9. The van der Waals surface area contributed by atoms with E-state index in [0.717, 1.165) is 41.2 Å². The van der Waals surface area contributed by atoms with Gasteiger partial charge in [-0.2, -0.15) is 0 Å². The van der Waals surface area contributed by atoms with Crippen molar-refractivity contribution < 1.29 is 19.3 Å². The van der Waals surface area contributed by atoms with Crippen molar-refractivity contribution in [2.24, 2.45) is 0 Å². The molecule has 1 aromatic carbocycles. The highest BCUT2D eigenvalue weighted by molar-refractivity contribution is 5.44. The van der Waals surface area contributed by atoms with E-state index in [9.17, 15) is 9.90 Å². The summed E-state index contributed by atoms with van der Waals surface area (Å²) in [6, 6.07) is 7.63. The van der Waals surface area contributed by atoms with Crippen LogP contribution in [0.4, 0.5) is 0 Å². The van der Waals surface area contributed by atoms with Gasteiger partial charge in [-0.15, -0.1) is 0 Å². The predicted molar refractivity (Wildman–Crippen MR) is 94.3 cm³/mol. The fraction of sp³-hybridized carbons (Fsp3) is 0.421. The van der Waals surface area contributed by atoms with E-state index >= 15 is 0 Å². The van der Waals surface area contributed by atoms with E-state index in [-0.39, 0.29) is 19.0 Å². The van der Waals surface area contributed by atoms with Crippen LogP contribution >= 0.6 is 0 Å². The summed E-state index contributed by atoms with van der Waals surface area (Å²) in [6.45, 7) is 2.76. The smallest absolute Gasteiger partial charge is 0.252 e. The number of nitrogens with one attached hydrogen (secondary N) is 1. The minimum absolute atomic E-state index is 0.0410. The molecule has 26 heavy (non-hydrogen) atoms. The number of benzene rings is 1. The summed E-state index contributed by atoms with van der Waals surface area (Å²) in [6.07, 6.45) is 1.91. The van der Waals surface area contributed by atoms with Crippen molar-refractivity contribution in [3.63, 3.8) is 0 Å². The van der Waals surface area contributed by atoms with Crippen molar-refractivity contribution in [1.82, 2.24) is 9.88 Å². The monoisotopic (exact) mass is 358 g/mol. The Balaban J connectivity index is 1.25. The maximum Gasteiger partial charge on any atom is 0.252 e. The van der Waals surface area contributed by atoms with Crippen molar-refractivity contribution in [3.8, 4) is 11.5 Å². The number of aromatic nitrogens is 1. The molecule has 1 aromatic heterocycles. The predicted octanol–water partition coefficient (Wildman–Crippen LogP) is 1.04. The Hall–Kier alpha value is -2.35. The summed E-state index contributed by atoms with van der Waals surface area (Å²) in [7, 11) is 0. The number of ether oxygens (including phenoxy) is 3. The van der Waals surface area contributed by atoms with Crippen molar-refractivity contribution in [2.75, 3.05) is 26.5 Å². The molecule has 0 radical (unpaired) electrons. The summed E-state index contributed by atoms with van der Waals surface area (Å²) >= 11 is 0. The highest BCUT2D eigenvalue weighted by Gasteiger charge is 2.21. The molecule has 0 bridgehead atoms. The highest BCUT2D eigenvalue weighted by atomic mass is 16.7. The van der Waals surface area contributed by atoms with Crippen molar-refractivity contribution in [2.45, 2.75) is 25.7 Å². The summed E-state index contributed by atoms with van der Waals surface area (Å²) in [5, 5.41) is 10.3. The Morgan fingerprint density at radius 1 is 1.27 bits per heavy atom. The molecule has 138 valence electrons. The molecular weight excluding hydrogens is 336 g/mol. The van der Waals surface area contributed by atoms with Gasteiger partial charge in [-0.1, -0.05) is 6.07 Å². The van der Waals surface area contributed by atoms with Gasteiger partial charge < -0.3 is 24.3 Å². The lowest BCUT2D eigenvalue weighted by Gasteiger charge is -2.29. The van der Waals surface area contributed by atoms with Crippen LogP contribution < -0.4 is 15.0 Å². The topological polar surface area (TPSA) is 84.0 Å². The summed E-state index contributed by atoms with van der Waals surface area (Å²) < 4.78 is 16.3. The van der Waals surface area contributed by atoms with Gasteiger partial charge in [0.05, 0.1) is 19.3 Å². The number of aromatic amines is 1. The quantitative estimate of drug-likeness (QED) is 0.803. The third-order valence-electron chi connectivity index (χ3n) is 4.72. The second kappa shape index (κ2) is 7.49. The Morgan fingerprint density at radius 3 is 3.08 bits per heavy atom. The van der Waals surface area contributed by atoms with E-state index in [4.69, 9.17) is 14.2 Å². The van der Waals surface area contributed by atoms with Gasteiger partial charge >= 0.3 is 0 Å². The van der Waals surface area contributed by atoms with Crippen LogP contribution in [0.5, 0.6) is 11.5 Å². The average Bonchev–Trinajstić information content (AvgIpc) is 3.10. The first kappa shape index (κ1) is 17.1. The van der Waals surface area contributed by atoms with Crippen LogP contribution in [-0.4, -0.2) is 47.6 Å². The zero-order valence-electron chi connectivity index (χ0n) is 14.4. The standard InChI is InChI=1S/C19H22N2O5/c22-15(8-21-6-4-14-3-5-20-19(23)16(14)9-21)11-24-10-13-1-2-17-18(7-13)26-12-25-17/h1-3,5,7,15,22H,4,6,8-12H2,(H,20,23). The van der Waals surface area contributed by atoms with Crippen molar-refractivity contribution in [3.05, 3.63) is 57.5 Å². The SMILES string of the molecule is O=c1[nH]ccc2c1CN(CC(O)COCc1ccc3c(c1)OCO3)CC2. The molecule has 2 N–H and O–H groups in total. The van der Waals surface area contributed by atoms with Gasteiger partial charge in [-0.3, -0.25) is 9.69 Å². The van der Waals surface area contributed by atoms with Crippen molar-refractivity contribution in [1.29, 1.82) is 0 Å². The van der Waals surface area contributed by atoms with E-state index in [1.54, 1.807) is 6.20 Å². The second-order valence-corrected chi connectivity index (χ2v) is 6.65. The molecular formula is C19H22N2O5. The van der Waals surface area contributed by atoms with Crippen LogP contribution in [0.15, 0.2) is 35.3 Å². The number of rotatable bonds is 6. The number of H-pyrrole nitrogens is 1. The Kier molecular flexibility index (Phi) is 4.92. The van der Waals surface area contributed by atoms with E-state index in [2.05, 4.69) is 9.88 Å². The molecule has 0 spiro atoms.